The largest absolute Gasteiger partial charge is 0.465 e. The van der Waals surface area contributed by atoms with E-state index in [1.165, 1.54) is 4.31 Å². The first kappa shape index (κ1) is 16.9. The number of furan rings is 1. The van der Waals surface area contributed by atoms with Gasteiger partial charge in [-0.25, -0.2) is 8.42 Å². The molecule has 0 aliphatic rings. The van der Waals surface area contributed by atoms with E-state index in [4.69, 9.17) is 4.42 Å². The summed E-state index contributed by atoms with van der Waals surface area (Å²) < 4.78 is 32.0. The van der Waals surface area contributed by atoms with Gasteiger partial charge in [0.15, 0.2) is 0 Å². The maximum atomic E-state index is 12.6. The Labute approximate surface area is 121 Å². The van der Waals surface area contributed by atoms with Crippen LogP contribution >= 0.6 is 0 Å². The molecule has 5 nitrogen and oxygen atoms in total. The summed E-state index contributed by atoms with van der Waals surface area (Å²) in [6, 6.07) is 0.270. The van der Waals surface area contributed by atoms with E-state index in [0.717, 1.165) is 0 Å². The molecule has 0 amide bonds. The van der Waals surface area contributed by atoms with Gasteiger partial charge in [-0.3, -0.25) is 0 Å². The molecule has 0 atom stereocenters. The molecule has 0 aromatic carbocycles. The van der Waals surface area contributed by atoms with Crippen molar-refractivity contribution in [1.29, 1.82) is 0 Å². The van der Waals surface area contributed by atoms with Crippen LogP contribution < -0.4 is 5.32 Å². The van der Waals surface area contributed by atoms with Gasteiger partial charge in [-0.05, 0) is 13.8 Å². The highest BCUT2D eigenvalue weighted by atomic mass is 32.2. The Hall–Kier alpha value is -1.11. The normalized spacial score (nSPS) is 12.3. The highest BCUT2D eigenvalue weighted by molar-refractivity contribution is 7.89. The summed E-state index contributed by atoms with van der Waals surface area (Å²) in [4.78, 5) is 0.271. The molecule has 1 aromatic rings. The van der Waals surface area contributed by atoms with Crippen molar-refractivity contribution in [2.24, 2.45) is 0 Å². The number of nitrogens with one attached hydrogen (secondary N) is 1. The first-order valence-corrected chi connectivity index (χ1v) is 8.05. The van der Waals surface area contributed by atoms with Crippen molar-refractivity contribution in [2.75, 3.05) is 13.6 Å². The fourth-order valence-corrected chi connectivity index (χ4v) is 3.54. The minimum absolute atomic E-state index is 0.267. The summed E-state index contributed by atoms with van der Waals surface area (Å²) in [6.45, 7) is 11.8. The molecule has 0 saturated heterocycles. The number of sulfonamides is 1. The van der Waals surface area contributed by atoms with Gasteiger partial charge in [-0.2, -0.15) is 4.31 Å². The van der Waals surface area contributed by atoms with E-state index in [1.54, 1.807) is 27.0 Å². The molecule has 0 fully saturated rings. The van der Waals surface area contributed by atoms with Gasteiger partial charge in [0.25, 0.3) is 0 Å². The zero-order chi connectivity index (χ0) is 15.5. The Balaban J connectivity index is 3.26. The molecule has 20 heavy (non-hydrogen) atoms. The van der Waals surface area contributed by atoms with Gasteiger partial charge < -0.3 is 9.73 Å². The van der Waals surface area contributed by atoms with Crippen molar-refractivity contribution in [3.63, 3.8) is 0 Å². The fourth-order valence-electron chi connectivity index (χ4n) is 1.99. The molecule has 0 spiro atoms. The van der Waals surface area contributed by atoms with Crippen molar-refractivity contribution in [2.45, 2.75) is 45.2 Å². The smallest absolute Gasteiger partial charge is 0.246 e. The minimum Gasteiger partial charge on any atom is -0.465 e. The van der Waals surface area contributed by atoms with Gasteiger partial charge in [0.05, 0.1) is 0 Å². The number of likely N-dealkylation sites (N-methyl/N-ethyl adjacent to an activating group) is 1. The first-order valence-electron chi connectivity index (χ1n) is 6.61. The summed E-state index contributed by atoms with van der Waals surface area (Å²) in [6.07, 6.45) is 1.56. The van der Waals surface area contributed by atoms with Gasteiger partial charge in [-0.1, -0.05) is 19.9 Å². The van der Waals surface area contributed by atoms with Crippen molar-refractivity contribution in [3.8, 4) is 0 Å². The van der Waals surface area contributed by atoms with Crippen LogP contribution in [-0.4, -0.2) is 32.4 Å². The predicted molar refractivity (Wildman–Crippen MR) is 80.2 cm³/mol. The molecular formula is C14H24N2O3S. The van der Waals surface area contributed by atoms with E-state index < -0.39 is 10.0 Å². The van der Waals surface area contributed by atoms with Crippen LogP contribution in [0, 0.1) is 13.8 Å². The molecule has 114 valence electrons. The third-order valence-corrected chi connectivity index (χ3v) is 5.09. The van der Waals surface area contributed by atoms with E-state index in [0.29, 0.717) is 23.6 Å². The lowest BCUT2D eigenvalue weighted by atomic mass is 10.2. The van der Waals surface area contributed by atoms with Crippen LogP contribution in [0.25, 0.3) is 0 Å². The molecule has 0 bridgehead atoms. The number of rotatable bonds is 7. The number of aryl methyl sites for hydroxylation is 2. The van der Waals surface area contributed by atoms with Crippen LogP contribution in [0.15, 0.2) is 22.0 Å². The van der Waals surface area contributed by atoms with Gasteiger partial charge in [0.2, 0.25) is 10.0 Å². The molecule has 1 rings (SSSR count). The van der Waals surface area contributed by atoms with Gasteiger partial charge in [0, 0.05) is 31.7 Å². The molecule has 0 unspecified atom stereocenters. The van der Waals surface area contributed by atoms with Crippen LogP contribution in [0.1, 0.15) is 30.9 Å². The minimum atomic E-state index is -3.56. The molecule has 0 aliphatic heterocycles. The van der Waals surface area contributed by atoms with E-state index >= 15 is 0 Å². The predicted octanol–water partition coefficient (Wildman–Crippen LogP) is 2.20. The maximum absolute atomic E-state index is 12.6. The molecule has 1 aromatic heterocycles. The lowest BCUT2D eigenvalue weighted by Crippen LogP contribution is -2.29. The van der Waals surface area contributed by atoms with Crippen LogP contribution in [-0.2, 0) is 16.6 Å². The summed E-state index contributed by atoms with van der Waals surface area (Å²) in [5.74, 6) is 1.07. The Kier molecular flexibility index (Phi) is 5.56. The first-order chi connectivity index (χ1) is 9.21. The summed E-state index contributed by atoms with van der Waals surface area (Å²) in [5.41, 5.74) is 0.701. The van der Waals surface area contributed by atoms with Crippen LogP contribution in [0.2, 0.25) is 0 Å². The molecule has 0 radical (unpaired) electrons. The number of nitrogens with zero attached hydrogens (tertiary/aromatic N) is 1. The van der Waals surface area contributed by atoms with E-state index in [2.05, 4.69) is 11.9 Å². The third-order valence-electron chi connectivity index (χ3n) is 3.07. The molecule has 0 aliphatic carbocycles. The fraction of sp³-hybridized carbons (Fsp3) is 0.571. The second kappa shape index (κ2) is 6.56. The Bertz CT molecular complexity index is 573. The maximum Gasteiger partial charge on any atom is 0.246 e. The lowest BCUT2D eigenvalue weighted by Gasteiger charge is -2.16. The third kappa shape index (κ3) is 3.50. The van der Waals surface area contributed by atoms with Gasteiger partial charge in [0.1, 0.15) is 16.4 Å². The van der Waals surface area contributed by atoms with Crippen LogP contribution in [0.4, 0.5) is 0 Å². The summed E-state index contributed by atoms with van der Waals surface area (Å²) >= 11 is 0. The zero-order valence-corrected chi connectivity index (χ0v) is 13.7. The monoisotopic (exact) mass is 300 g/mol. The highest BCUT2D eigenvalue weighted by Crippen LogP contribution is 2.28. The Morgan fingerprint density at radius 2 is 1.95 bits per heavy atom. The molecule has 1 heterocycles. The van der Waals surface area contributed by atoms with E-state index in [1.807, 2.05) is 13.8 Å². The van der Waals surface area contributed by atoms with Crippen molar-refractivity contribution in [1.82, 2.24) is 9.62 Å². The lowest BCUT2D eigenvalue weighted by molar-refractivity contribution is 0.481. The van der Waals surface area contributed by atoms with Crippen molar-refractivity contribution < 1.29 is 12.8 Å². The average molecular weight is 300 g/mol. The highest BCUT2D eigenvalue weighted by Gasteiger charge is 2.29. The van der Waals surface area contributed by atoms with Crippen molar-refractivity contribution in [3.05, 3.63) is 29.7 Å². The molecule has 1 N–H and O–H groups in total. The van der Waals surface area contributed by atoms with E-state index in [9.17, 15) is 8.42 Å². The topological polar surface area (TPSA) is 62.6 Å². The van der Waals surface area contributed by atoms with Gasteiger partial charge >= 0.3 is 0 Å². The Morgan fingerprint density at radius 3 is 2.45 bits per heavy atom. The summed E-state index contributed by atoms with van der Waals surface area (Å²) in [5, 5.41) is 3.24. The average Bonchev–Trinajstić information content (AvgIpc) is 2.61. The molecule has 0 saturated carbocycles. The second-order valence-corrected chi connectivity index (χ2v) is 7.11. The van der Waals surface area contributed by atoms with Crippen LogP contribution in [0.3, 0.4) is 0 Å². The SMILES string of the molecule is C=CCN(C)S(=O)(=O)c1c(C)oc(C)c1CNC(C)C. The van der Waals surface area contributed by atoms with Crippen LogP contribution in [0.5, 0.6) is 0 Å². The number of hydrogen-bond donors (Lipinski definition) is 1. The molecule has 6 heteroatoms. The standard InChI is InChI=1S/C14H24N2O3S/c1-7-8-16(6)20(17,18)14-12(5)19-11(4)13(14)9-15-10(2)3/h7,10,15H,1,8-9H2,2-6H3. The second-order valence-electron chi connectivity index (χ2n) is 5.13. The number of hydrogen-bond acceptors (Lipinski definition) is 4. The summed E-state index contributed by atoms with van der Waals surface area (Å²) in [7, 11) is -2.02. The molecular weight excluding hydrogens is 276 g/mol. The van der Waals surface area contributed by atoms with Gasteiger partial charge in [-0.15, -0.1) is 6.58 Å². The zero-order valence-electron chi connectivity index (χ0n) is 12.9. The Morgan fingerprint density at radius 1 is 1.35 bits per heavy atom. The van der Waals surface area contributed by atoms with E-state index in [-0.39, 0.29) is 17.5 Å². The van der Waals surface area contributed by atoms with Crippen molar-refractivity contribution >= 4 is 10.0 Å². The quantitative estimate of drug-likeness (QED) is 0.784.